The van der Waals surface area contributed by atoms with E-state index >= 15 is 0 Å². The van der Waals surface area contributed by atoms with Crippen molar-refractivity contribution in [3.05, 3.63) is 85.0 Å². The van der Waals surface area contributed by atoms with E-state index in [1.54, 1.807) is 6.08 Å². The number of aliphatic carboxylic acids is 1. The molecule has 1 aliphatic carbocycles. The van der Waals surface area contributed by atoms with Gasteiger partial charge in [-0.15, -0.1) is 13.2 Å². The minimum atomic E-state index is -1.15. The highest BCUT2D eigenvalue weighted by Crippen LogP contribution is 2.44. The first-order chi connectivity index (χ1) is 16.0. The third-order valence-corrected chi connectivity index (χ3v) is 5.63. The van der Waals surface area contributed by atoms with Crippen molar-refractivity contribution in [2.75, 3.05) is 6.61 Å². The topological polar surface area (TPSA) is 105 Å². The number of carboxylic acid groups (broad SMARTS) is 1. The van der Waals surface area contributed by atoms with Crippen LogP contribution in [0.2, 0.25) is 0 Å². The van der Waals surface area contributed by atoms with Gasteiger partial charge in [0.25, 0.3) is 0 Å². The first-order valence-electron chi connectivity index (χ1n) is 10.8. The molecule has 0 aliphatic heterocycles. The second kappa shape index (κ2) is 11.1. The number of ether oxygens (including phenoxy) is 1. The average molecular weight is 449 g/mol. The summed E-state index contributed by atoms with van der Waals surface area (Å²) in [5, 5.41) is 14.3. The molecule has 0 aromatic heterocycles. The van der Waals surface area contributed by atoms with E-state index in [-0.39, 0.29) is 25.4 Å². The number of allylic oxidation sites excluding steroid dienone is 1. The van der Waals surface area contributed by atoms with Crippen molar-refractivity contribution in [3.8, 4) is 11.1 Å². The average Bonchev–Trinajstić information content (AvgIpc) is 3.13. The molecule has 3 N–H and O–H groups in total. The van der Waals surface area contributed by atoms with Gasteiger partial charge in [-0.25, -0.2) is 9.59 Å². The van der Waals surface area contributed by atoms with Gasteiger partial charge in [-0.3, -0.25) is 4.79 Å². The molecular formula is C26H28N2O5. The molecule has 33 heavy (non-hydrogen) atoms. The molecule has 7 nitrogen and oxygen atoms in total. The van der Waals surface area contributed by atoms with Gasteiger partial charge in [0.1, 0.15) is 18.7 Å². The zero-order valence-electron chi connectivity index (χ0n) is 18.3. The van der Waals surface area contributed by atoms with E-state index < -0.39 is 30.1 Å². The van der Waals surface area contributed by atoms with E-state index in [1.165, 1.54) is 6.08 Å². The Morgan fingerprint density at radius 2 is 1.55 bits per heavy atom. The number of hydrogen-bond donors (Lipinski definition) is 3. The monoisotopic (exact) mass is 448 g/mol. The maximum Gasteiger partial charge on any atom is 0.407 e. The molecule has 2 aromatic rings. The van der Waals surface area contributed by atoms with Gasteiger partial charge in [-0.05, 0) is 41.5 Å². The highest BCUT2D eigenvalue weighted by Gasteiger charge is 2.30. The molecule has 2 unspecified atom stereocenters. The molecule has 0 saturated carbocycles. The van der Waals surface area contributed by atoms with Gasteiger partial charge in [0, 0.05) is 5.92 Å². The Bertz CT molecular complexity index is 1000. The fraction of sp³-hybridized carbons (Fsp3) is 0.269. The second-order valence-electron chi connectivity index (χ2n) is 7.81. The molecule has 1 aliphatic rings. The molecule has 2 atom stereocenters. The van der Waals surface area contributed by atoms with Crippen LogP contribution in [-0.2, 0) is 14.3 Å². The van der Waals surface area contributed by atoms with Gasteiger partial charge in [0.15, 0.2) is 0 Å². The van der Waals surface area contributed by atoms with Crippen molar-refractivity contribution in [1.29, 1.82) is 0 Å². The van der Waals surface area contributed by atoms with Gasteiger partial charge < -0.3 is 20.5 Å². The smallest absolute Gasteiger partial charge is 0.407 e. The lowest BCUT2D eigenvalue weighted by molar-refractivity contribution is -0.142. The van der Waals surface area contributed by atoms with E-state index in [2.05, 4.69) is 23.8 Å². The van der Waals surface area contributed by atoms with Crippen LogP contribution < -0.4 is 10.6 Å². The van der Waals surface area contributed by atoms with Gasteiger partial charge >= 0.3 is 12.1 Å². The molecule has 0 saturated heterocycles. The van der Waals surface area contributed by atoms with E-state index in [4.69, 9.17) is 4.74 Å². The molecule has 2 amide bonds. The third kappa shape index (κ3) is 5.68. The van der Waals surface area contributed by atoms with Gasteiger partial charge in [0.2, 0.25) is 5.91 Å². The summed E-state index contributed by atoms with van der Waals surface area (Å²) in [6.45, 7) is 7.29. The normalized spacial score (nSPS) is 13.7. The SMILES string of the molecule is C=CCCC(NC(=O)C(CC=C)NC(=O)OCC1c2ccccc2-c2ccccc21)C(=O)O. The third-order valence-electron chi connectivity index (χ3n) is 5.63. The Morgan fingerprint density at radius 3 is 2.09 bits per heavy atom. The summed E-state index contributed by atoms with van der Waals surface area (Å²) in [6, 6.07) is 13.9. The first-order valence-corrected chi connectivity index (χ1v) is 10.8. The van der Waals surface area contributed by atoms with Crippen LogP contribution in [0.5, 0.6) is 0 Å². The van der Waals surface area contributed by atoms with Crippen LogP contribution in [-0.4, -0.2) is 41.8 Å². The van der Waals surface area contributed by atoms with Crippen molar-refractivity contribution in [2.24, 2.45) is 0 Å². The van der Waals surface area contributed by atoms with E-state index in [0.29, 0.717) is 6.42 Å². The van der Waals surface area contributed by atoms with Gasteiger partial charge in [0.05, 0.1) is 0 Å². The fourth-order valence-electron chi connectivity index (χ4n) is 3.99. The molecule has 0 fully saturated rings. The van der Waals surface area contributed by atoms with E-state index in [0.717, 1.165) is 22.3 Å². The van der Waals surface area contributed by atoms with Crippen molar-refractivity contribution in [3.63, 3.8) is 0 Å². The molecule has 7 heteroatoms. The lowest BCUT2D eigenvalue weighted by Gasteiger charge is -2.21. The predicted molar refractivity (Wildman–Crippen MR) is 126 cm³/mol. The summed E-state index contributed by atoms with van der Waals surface area (Å²) >= 11 is 0. The minimum Gasteiger partial charge on any atom is -0.480 e. The Balaban J connectivity index is 1.63. The molecule has 2 aromatic carbocycles. The fourth-order valence-corrected chi connectivity index (χ4v) is 3.99. The van der Waals surface area contributed by atoms with Crippen LogP contribution in [0.15, 0.2) is 73.8 Å². The maximum atomic E-state index is 12.6. The lowest BCUT2D eigenvalue weighted by Crippen LogP contribution is -2.51. The van der Waals surface area contributed by atoms with Crippen LogP contribution in [0.1, 0.15) is 36.3 Å². The number of carbonyl (C=O) groups excluding carboxylic acids is 2. The number of carbonyl (C=O) groups is 3. The summed E-state index contributed by atoms with van der Waals surface area (Å²) < 4.78 is 5.49. The van der Waals surface area contributed by atoms with Crippen LogP contribution >= 0.6 is 0 Å². The molecule has 0 heterocycles. The van der Waals surface area contributed by atoms with Crippen molar-refractivity contribution >= 4 is 18.0 Å². The van der Waals surface area contributed by atoms with Gasteiger partial charge in [-0.2, -0.15) is 0 Å². The highest BCUT2D eigenvalue weighted by atomic mass is 16.5. The number of fused-ring (bicyclic) bond motifs is 3. The van der Waals surface area contributed by atoms with Crippen molar-refractivity contribution in [1.82, 2.24) is 10.6 Å². The van der Waals surface area contributed by atoms with Gasteiger partial charge in [-0.1, -0.05) is 60.7 Å². The molecule has 0 bridgehead atoms. The van der Waals surface area contributed by atoms with Crippen molar-refractivity contribution < 1.29 is 24.2 Å². The predicted octanol–water partition coefficient (Wildman–Crippen LogP) is 4.01. The summed E-state index contributed by atoms with van der Waals surface area (Å²) in [4.78, 5) is 36.6. The summed E-state index contributed by atoms with van der Waals surface area (Å²) in [7, 11) is 0. The Kier molecular flexibility index (Phi) is 8.02. The summed E-state index contributed by atoms with van der Waals surface area (Å²) in [5.41, 5.74) is 4.40. The zero-order chi connectivity index (χ0) is 23.8. The summed E-state index contributed by atoms with van der Waals surface area (Å²) in [6.07, 6.45) is 3.08. The highest BCUT2D eigenvalue weighted by molar-refractivity contribution is 5.89. The number of carboxylic acids is 1. The second-order valence-corrected chi connectivity index (χ2v) is 7.81. The maximum absolute atomic E-state index is 12.6. The van der Waals surface area contributed by atoms with Crippen molar-refractivity contribution in [2.45, 2.75) is 37.3 Å². The molecule has 0 radical (unpaired) electrons. The quantitative estimate of drug-likeness (QED) is 0.451. The van der Waals surface area contributed by atoms with Crippen LogP contribution in [0.3, 0.4) is 0 Å². The van der Waals surface area contributed by atoms with Crippen LogP contribution in [0.4, 0.5) is 4.79 Å². The Labute approximate surface area is 193 Å². The molecule has 172 valence electrons. The number of hydrogen-bond acceptors (Lipinski definition) is 4. The van der Waals surface area contributed by atoms with Crippen LogP contribution in [0.25, 0.3) is 11.1 Å². The molecular weight excluding hydrogens is 420 g/mol. The Morgan fingerprint density at radius 1 is 0.939 bits per heavy atom. The first kappa shape index (κ1) is 23.8. The van der Waals surface area contributed by atoms with E-state index in [1.807, 2.05) is 48.5 Å². The number of amides is 2. The molecule has 0 spiro atoms. The largest absolute Gasteiger partial charge is 0.480 e. The minimum absolute atomic E-state index is 0.106. The standard InChI is InChI=1S/C26H28N2O5/c1-3-5-15-23(25(30)31)27-24(29)22(10-4-2)28-26(32)33-16-21-19-13-8-6-11-17(19)18-12-7-9-14-20(18)21/h3-4,6-9,11-14,21-23H,1-2,5,10,15-16H2,(H,27,29)(H,28,32)(H,30,31). The number of alkyl carbamates (subject to hydrolysis) is 1. The van der Waals surface area contributed by atoms with Crippen LogP contribution in [0, 0.1) is 0 Å². The summed E-state index contributed by atoms with van der Waals surface area (Å²) in [5.74, 6) is -1.87. The Hall–Kier alpha value is -3.87. The van der Waals surface area contributed by atoms with E-state index in [9.17, 15) is 19.5 Å². The number of nitrogens with one attached hydrogen (secondary N) is 2. The lowest BCUT2D eigenvalue weighted by atomic mass is 9.98. The number of rotatable bonds is 11. The molecule has 3 rings (SSSR count). The zero-order valence-corrected chi connectivity index (χ0v) is 18.3. The number of benzene rings is 2.